The molecule has 1 aromatic heterocycles. The number of ether oxygens (including phenoxy) is 1. The van der Waals surface area contributed by atoms with Gasteiger partial charge in [0.25, 0.3) is 0 Å². The third-order valence-corrected chi connectivity index (χ3v) is 4.61. The van der Waals surface area contributed by atoms with Crippen LogP contribution in [-0.2, 0) is 6.42 Å². The van der Waals surface area contributed by atoms with Gasteiger partial charge in [0.1, 0.15) is 5.75 Å². The van der Waals surface area contributed by atoms with Crippen molar-refractivity contribution in [2.24, 2.45) is 5.73 Å². The molecular weight excluding hydrogens is 308 g/mol. The van der Waals surface area contributed by atoms with E-state index in [1.165, 1.54) is 9.71 Å². The Morgan fingerprint density at radius 3 is 2.83 bits per heavy atom. The Balaban J connectivity index is 1.45. The predicted octanol–water partition coefficient (Wildman–Crippen LogP) is 3.80. The first kappa shape index (κ1) is 15.5. The van der Waals surface area contributed by atoms with E-state index in [0.29, 0.717) is 17.9 Å². The van der Waals surface area contributed by atoms with Gasteiger partial charge in [0.05, 0.1) is 21.8 Å². The summed E-state index contributed by atoms with van der Waals surface area (Å²) in [5.74, 6) is 0.243. The van der Waals surface area contributed by atoms with E-state index in [4.69, 9.17) is 10.5 Å². The van der Waals surface area contributed by atoms with Crippen LogP contribution < -0.4 is 10.5 Å². The minimum Gasteiger partial charge on any atom is -0.494 e. The summed E-state index contributed by atoms with van der Waals surface area (Å²) in [6.07, 6.45) is 2.93. The average molecular weight is 326 g/mol. The molecule has 0 aliphatic rings. The van der Waals surface area contributed by atoms with E-state index in [9.17, 15) is 4.79 Å². The minimum absolute atomic E-state index is 0.439. The number of hydrogen-bond acceptors (Lipinski definition) is 4. The molecule has 5 heteroatoms. The second-order valence-electron chi connectivity index (χ2n) is 5.27. The molecule has 0 spiro atoms. The van der Waals surface area contributed by atoms with Crippen molar-refractivity contribution in [3.05, 3.63) is 59.1 Å². The molecule has 0 unspecified atom stereocenters. The summed E-state index contributed by atoms with van der Waals surface area (Å²) < 4.78 is 6.91. The lowest BCUT2D eigenvalue weighted by Gasteiger charge is -2.06. The Kier molecular flexibility index (Phi) is 4.88. The number of thiazole rings is 1. The highest BCUT2D eigenvalue weighted by molar-refractivity contribution is 7.18. The molecule has 1 heterocycles. The third kappa shape index (κ3) is 4.07. The highest BCUT2D eigenvalue weighted by Crippen LogP contribution is 2.22. The predicted molar refractivity (Wildman–Crippen MR) is 93.0 cm³/mol. The summed E-state index contributed by atoms with van der Waals surface area (Å²) in [4.78, 5) is 15.7. The summed E-state index contributed by atoms with van der Waals surface area (Å²) in [6.45, 7) is 0.618. The van der Waals surface area contributed by atoms with Gasteiger partial charge in [0, 0.05) is 5.56 Å². The van der Waals surface area contributed by atoms with E-state index in [0.717, 1.165) is 24.8 Å². The molecule has 0 fully saturated rings. The van der Waals surface area contributed by atoms with Gasteiger partial charge >= 0.3 is 0 Å². The zero-order chi connectivity index (χ0) is 16.1. The smallest absolute Gasteiger partial charge is 0.248 e. The Hall–Kier alpha value is -2.40. The number of aromatic nitrogens is 1. The number of nitrogens with zero attached hydrogens (tertiary/aromatic N) is 1. The number of unbranched alkanes of at least 4 members (excludes halogenated alkanes) is 1. The van der Waals surface area contributed by atoms with Crippen molar-refractivity contribution < 1.29 is 9.53 Å². The van der Waals surface area contributed by atoms with Gasteiger partial charge in [0.2, 0.25) is 5.91 Å². The maximum absolute atomic E-state index is 11.1. The van der Waals surface area contributed by atoms with Crippen LogP contribution in [-0.4, -0.2) is 17.5 Å². The molecule has 0 radical (unpaired) electrons. The second-order valence-corrected chi connectivity index (χ2v) is 6.39. The number of nitrogens with two attached hydrogens (primary N) is 1. The normalized spacial score (nSPS) is 10.8. The Morgan fingerprint density at radius 2 is 2.00 bits per heavy atom. The van der Waals surface area contributed by atoms with Crippen LogP contribution in [0.3, 0.4) is 0 Å². The molecular formula is C18H18N2O2S. The summed E-state index contributed by atoms with van der Waals surface area (Å²) in [7, 11) is 0. The van der Waals surface area contributed by atoms with Crippen LogP contribution in [0.2, 0.25) is 0 Å². The standard InChI is InChI=1S/C18H18N2O2S/c19-18(21)13-6-5-7-14(12-13)22-11-4-3-10-17-20-15-8-1-2-9-16(15)23-17/h1-2,5-9,12H,3-4,10-11H2,(H2,19,21). The zero-order valence-corrected chi connectivity index (χ0v) is 13.5. The fourth-order valence-electron chi connectivity index (χ4n) is 2.33. The highest BCUT2D eigenvalue weighted by atomic mass is 32.1. The third-order valence-electron chi connectivity index (χ3n) is 3.51. The van der Waals surface area contributed by atoms with Crippen LogP contribution in [0.15, 0.2) is 48.5 Å². The number of para-hydroxylation sites is 1. The van der Waals surface area contributed by atoms with E-state index < -0.39 is 5.91 Å². The molecule has 0 atom stereocenters. The number of aryl methyl sites for hydroxylation is 1. The molecule has 3 aromatic rings. The highest BCUT2D eigenvalue weighted by Gasteiger charge is 2.04. The summed E-state index contributed by atoms with van der Waals surface area (Å²) in [5.41, 5.74) is 6.80. The molecule has 2 N–H and O–H groups in total. The first-order valence-electron chi connectivity index (χ1n) is 7.59. The Morgan fingerprint density at radius 1 is 1.13 bits per heavy atom. The monoisotopic (exact) mass is 326 g/mol. The number of carbonyl (C=O) groups is 1. The fraction of sp³-hybridized carbons (Fsp3) is 0.222. The molecule has 2 aromatic carbocycles. The van der Waals surface area contributed by atoms with Gasteiger partial charge in [-0.1, -0.05) is 18.2 Å². The number of hydrogen-bond donors (Lipinski definition) is 1. The molecule has 1 amide bonds. The van der Waals surface area contributed by atoms with Crippen LogP contribution in [0, 0.1) is 0 Å². The van der Waals surface area contributed by atoms with Gasteiger partial charge in [0.15, 0.2) is 0 Å². The van der Waals surface area contributed by atoms with Crippen LogP contribution in [0.5, 0.6) is 5.75 Å². The molecule has 23 heavy (non-hydrogen) atoms. The van der Waals surface area contributed by atoms with Crippen molar-refractivity contribution in [2.75, 3.05) is 6.61 Å². The lowest BCUT2D eigenvalue weighted by Crippen LogP contribution is -2.10. The number of fused-ring (bicyclic) bond motifs is 1. The van der Waals surface area contributed by atoms with Crippen molar-refractivity contribution in [3.8, 4) is 5.75 Å². The van der Waals surface area contributed by atoms with Gasteiger partial charge < -0.3 is 10.5 Å². The van der Waals surface area contributed by atoms with Crippen molar-refractivity contribution in [1.82, 2.24) is 4.98 Å². The van der Waals surface area contributed by atoms with Crippen molar-refractivity contribution in [2.45, 2.75) is 19.3 Å². The van der Waals surface area contributed by atoms with Gasteiger partial charge in [-0.3, -0.25) is 4.79 Å². The van der Waals surface area contributed by atoms with Crippen LogP contribution in [0.25, 0.3) is 10.2 Å². The maximum Gasteiger partial charge on any atom is 0.248 e. The number of rotatable bonds is 7. The van der Waals surface area contributed by atoms with Gasteiger partial charge in [-0.05, 0) is 49.6 Å². The molecule has 0 saturated carbocycles. The number of carbonyl (C=O) groups excluding carboxylic acids is 1. The lowest BCUT2D eigenvalue weighted by atomic mass is 10.2. The molecule has 0 saturated heterocycles. The Labute approximate surface area is 138 Å². The lowest BCUT2D eigenvalue weighted by molar-refractivity contribution is 0.1000. The van der Waals surface area contributed by atoms with Crippen molar-refractivity contribution in [3.63, 3.8) is 0 Å². The largest absolute Gasteiger partial charge is 0.494 e. The SMILES string of the molecule is NC(=O)c1cccc(OCCCCc2nc3ccccc3s2)c1. The van der Waals surface area contributed by atoms with E-state index >= 15 is 0 Å². The minimum atomic E-state index is -0.439. The molecule has 0 bridgehead atoms. The van der Waals surface area contributed by atoms with E-state index in [-0.39, 0.29) is 0 Å². The van der Waals surface area contributed by atoms with Crippen molar-refractivity contribution in [1.29, 1.82) is 0 Å². The number of amides is 1. The van der Waals surface area contributed by atoms with Gasteiger partial charge in [-0.15, -0.1) is 11.3 Å². The van der Waals surface area contributed by atoms with E-state index in [1.54, 1.807) is 29.5 Å². The van der Waals surface area contributed by atoms with Crippen LogP contribution in [0.1, 0.15) is 28.2 Å². The number of benzene rings is 2. The second kappa shape index (κ2) is 7.24. The zero-order valence-electron chi connectivity index (χ0n) is 12.7. The first-order valence-corrected chi connectivity index (χ1v) is 8.41. The first-order chi connectivity index (χ1) is 11.2. The maximum atomic E-state index is 11.1. The fourth-order valence-corrected chi connectivity index (χ4v) is 3.34. The average Bonchev–Trinajstić information content (AvgIpc) is 2.97. The molecule has 0 aliphatic heterocycles. The van der Waals surface area contributed by atoms with Gasteiger partial charge in [-0.25, -0.2) is 4.98 Å². The summed E-state index contributed by atoms with van der Waals surface area (Å²) >= 11 is 1.75. The van der Waals surface area contributed by atoms with Crippen LogP contribution >= 0.6 is 11.3 Å². The van der Waals surface area contributed by atoms with E-state index in [1.807, 2.05) is 24.3 Å². The molecule has 4 nitrogen and oxygen atoms in total. The topological polar surface area (TPSA) is 65.2 Å². The quantitative estimate of drug-likeness (QED) is 0.672. The summed E-state index contributed by atoms with van der Waals surface area (Å²) in [6, 6.07) is 15.2. The molecule has 118 valence electrons. The van der Waals surface area contributed by atoms with Crippen LogP contribution in [0.4, 0.5) is 0 Å². The molecule has 3 rings (SSSR count). The van der Waals surface area contributed by atoms with E-state index in [2.05, 4.69) is 11.1 Å². The van der Waals surface area contributed by atoms with Crippen molar-refractivity contribution >= 4 is 27.5 Å². The Bertz CT molecular complexity index is 780. The number of primary amides is 1. The van der Waals surface area contributed by atoms with Gasteiger partial charge in [-0.2, -0.15) is 0 Å². The summed E-state index contributed by atoms with van der Waals surface area (Å²) in [5, 5.41) is 1.17. The molecule has 0 aliphatic carbocycles.